The van der Waals surface area contributed by atoms with Gasteiger partial charge < -0.3 is 9.88 Å². The Morgan fingerprint density at radius 2 is 2.04 bits per heavy atom. The second kappa shape index (κ2) is 7.53. The maximum atomic E-state index is 4.44. The zero-order chi connectivity index (χ0) is 18.9. The number of aromatic nitrogens is 2. The lowest BCUT2D eigenvalue weighted by Crippen LogP contribution is -2.45. The lowest BCUT2D eigenvalue weighted by atomic mass is 9.98. The Bertz CT molecular complexity index is 996. The average molecular weight is 373 g/mol. The predicted octanol–water partition coefficient (Wildman–Crippen LogP) is 4.08. The van der Waals surface area contributed by atoms with Crippen molar-refractivity contribution in [1.82, 2.24) is 19.8 Å². The number of benzene rings is 1. The van der Waals surface area contributed by atoms with Crippen LogP contribution in [0.1, 0.15) is 35.4 Å². The van der Waals surface area contributed by atoms with Crippen molar-refractivity contribution in [3.63, 3.8) is 0 Å². The molecule has 0 radical (unpaired) electrons. The number of hydrogen-bond donors (Lipinski definition) is 1. The normalized spacial score (nSPS) is 18.8. The Morgan fingerprint density at radius 1 is 1.14 bits per heavy atom. The van der Waals surface area contributed by atoms with Gasteiger partial charge in [-0.1, -0.05) is 17.7 Å². The molecule has 1 fully saturated rings. The summed E-state index contributed by atoms with van der Waals surface area (Å²) in [6.07, 6.45) is 9.83. The van der Waals surface area contributed by atoms with Crippen LogP contribution >= 0.6 is 0 Å². The molecule has 2 aliphatic heterocycles. The van der Waals surface area contributed by atoms with Crippen LogP contribution in [-0.2, 0) is 13.0 Å². The van der Waals surface area contributed by atoms with E-state index in [1.54, 1.807) is 0 Å². The third-order valence-electron chi connectivity index (χ3n) is 6.28. The summed E-state index contributed by atoms with van der Waals surface area (Å²) in [4.78, 5) is 7.16. The first kappa shape index (κ1) is 17.7. The van der Waals surface area contributed by atoms with Crippen LogP contribution in [0, 0.1) is 6.92 Å². The molecule has 144 valence electrons. The number of fused-ring (bicyclic) bond motifs is 3. The molecule has 1 aromatic carbocycles. The van der Waals surface area contributed by atoms with E-state index >= 15 is 0 Å². The highest BCUT2D eigenvalue weighted by atomic mass is 15.2. The zero-order valence-electron chi connectivity index (χ0n) is 16.6. The molecule has 1 saturated heterocycles. The lowest BCUT2D eigenvalue weighted by Gasteiger charge is -2.37. The fourth-order valence-electron chi connectivity index (χ4n) is 4.81. The number of aryl methyl sites for hydroxylation is 1. The molecule has 3 aromatic rings. The summed E-state index contributed by atoms with van der Waals surface area (Å²) in [6, 6.07) is 13.6. The van der Waals surface area contributed by atoms with Gasteiger partial charge in [-0.05, 0) is 68.8 Å². The molecule has 1 N–H and O–H groups in total. The van der Waals surface area contributed by atoms with Gasteiger partial charge in [0.2, 0.25) is 0 Å². The van der Waals surface area contributed by atoms with E-state index in [9.17, 15) is 0 Å². The van der Waals surface area contributed by atoms with E-state index in [2.05, 4.69) is 63.2 Å². The number of pyridine rings is 1. The summed E-state index contributed by atoms with van der Waals surface area (Å²) in [5.74, 6) is 0. The van der Waals surface area contributed by atoms with Crippen molar-refractivity contribution in [2.45, 2.75) is 38.8 Å². The molecule has 4 heteroatoms. The summed E-state index contributed by atoms with van der Waals surface area (Å²) >= 11 is 0. The monoisotopic (exact) mass is 372 g/mol. The molecule has 0 bridgehead atoms. The second-order valence-corrected chi connectivity index (χ2v) is 8.09. The van der Waals surface area contributed by atoms with Crippen LogP contribution in [0.4, 0.5) is 0 Å². The van der Waals surface area contributed by atoms with Gasteiger partial charge in [0, 0.05) is 49.0 Å². The lowest BCUT2D eigenvalue weighted by molar-refractivity contribution is 0.147. The van der Waals surface area contributed by atoms with Gasteiger partial charge in [-0.3, -0.25) is 9.88 Å². The van der Waals surface area contributed by atoms with Crippen LogP contribution < -0.4 is 5.32 Å². The van der Waals surface area contributed by atoms with Gasteiger partial charge in [0.15, 0.2) is 0 Å². The van der Waals surface area contributed by atoms with Crippen LogP contribution in [0.5, 0.6) is 0 Å². The van der Waals surface area contributed by atoms with Crippen molar-refractivity contribution >= 4 is 23.2 Å². The van der Waals surface area contributed by atoms with Crippen molar-refractivity contribution in [2.75, 3.05) is 19.6 Å². The Hall–Kier alpha value is -2.43. The standard InChI is InChI=1S/C24H28N4/c1-18-5-6-23-21(16-18)22-17-27(20-7-12-25-13-8-20)14-10-24(22)28(23)15-9-19-4-2-3-11-26-19/h2-6,9,11,15-16,20,25H,7-8,10,12-14,17H2,1H3. The fraction of sp³-hybridized carbons (Fsp3) is 0.375. The van der Waals surface area contributed by atoms with Crippen molar-refractivity contribution in [2.24, 2.45) is 0 Å². The molecule has 28 heavy (non-hydrogen) atoms. The highest BCUT2D eigenvalue weighted by molar-refractivity contribution is 5.89. The third kappa shape index (κ3) is 3.27. The quantitative estimate of drug-likeness (QED) is 0.752. The number of nitrogens with one attached hydrogen (secondary N) is 1. The van der Waals surface area contributed by atoms with E-state index in [1.807, 2.05) is 18.3 Å². The third-order valence-corrected chi connectivity index (χ3v) is 6.28. The van der Waals surface area contributed by atoms with E-state index in [0.29, 0.717) is 0 Å². The van der Waals surface area contributed by atoms with E-state index in [4.69, 9.17) is 0 Å². The Labute approximate surface area is 166 Å². The summed E-state index contributed by atoms with van der Waals surface area (Å²) in [6.45, 7) is 6.73. The highest BCUT2D eigenvalue weighted by Gasteiger charge is 2.28. The molecule has 0 atom stereocenters. The van der Waals surface area contributed by atoms with E-state index in [0.717, 1.165) is 44.3 Å². The van der Waals surface area contributed by atoms with Crippen LogP contribution in [0.2, 0.25) is 0 Å². The minimum Gasteiger partial charge on any atom is -0.320 e. The largest absolute Gasteiger partial charge is 0.320 e. The molecule has 4 nitrogen and oxygen atoms in total. The number of rotatable bonds is 3. The first-order valence-corrected chi connectivity index (χ1v) is 10.5. The molecule has 0 unspecified atom stereocenters. The van der Waals surface area contributed by atoms with Crippen molar-refractivity contribution in [1.29, 1.82) is 0 Å². The Morgan fingerprint density at radius 3 is 2.86 bits per heavy atom. The summed E-state index contributed by atoms with van der Waals surface area (Å²) in [7, 11) is 0. The van der Waals surface area contributed by atoms with Crippen LogP contribution in [0.15, 0.2) is 42.6 Å². The summed E-state index contributed by atoms with van der Waals surface area (Å²) in [5, 5.41) is 4.92. The Balaban J connectivity index is 1.54. The van der Waals surface area contributed by atoms with Gasteiger partial charge in [0.05, 0.1) is 11.2 Å². The maximum absolute atomic E-state index is 4.44. The fourth-order valence-corrected chi connectivity index (χ4v) is 4.81. The molecule has 0 saturated carbocycles. The molecule has 2 aliphatic rings. The topological polar surface area (TPSA) is 33.1 Å². The molecular formula is C24H28N4. The first-order valence-electron chi connectivity index (χ1n) is 10.5. The van der Waals surface area contributed by atoms with E-state index in [-0.39, 0.29) is 0 Å². The van der Waals surface area contributed by atoms with Gasteiger partial charge in [0.25, 0.3) is 0 Å². The minimum absolute atomic E-state index is 0.724. The number of nitrogens with zero attached hydrogens (tertiary/aromatic N) is 3. The molecule has 0 amide bonds. The van der Waals surface area contributed by atoms with Crippen LogP contribution in [0.25, 0.3) is 23.2 Å². The molecular weight excluding hydrogens is 344 g/mol. The molecule has 2 aromatic heterocycles. The minimum atomic E-state index is 0.724. The number of piperidine rings is 1. The summed E-state index contributed by atoms with van der Waals surface area (Å²) in [5.41, 5.74) is 6.64. The first-order chi connectivity index (χ1) is 13.8. The maximum Gasteiger partial charge on any atom is 0.0644 e. The van der Waals surface area contributed by atoms with Crippen LogP contribution in [-0.4, -0.2) is 40.1 Å². The van der Waals surface area contributed by atoms with E-state index < -0.39 is 0 Å². The molecule has 0 aliphatic carbocycles. The molecule has 0 spiro atoms. The van der Waals surface area contributed by atoms with E-state index in [1.165, 1.54) is 40.6 Å². The van der Waals surface area contributed by atoms with Gasteiger partial charge in [-0.25, -0.2) is 0 Å². The van der Waals surface area contributed by atoms with Gasteiger partial charge >= 0.3 is 0 Å². The van der Waals surface area contributed by atoms with Gasteiger partial charge in [0.1, 0.15) is 0 Å². The number of hydrogen-bond acceptors (Lipinski definition) is 3. The van der Waals surface area contributed by atoms with Gasteiger partial charge in [-0.15, -0.1) is 0 Å². The second-order valence-electron chi connectivity index (χ2n) is 8.09. The van der Waals surface area contributed by atoms with Gasteiger partial charge in [-0.2, -0.15) is 0 Å². The highest BCUT2D eigenvalue weighted by Crippen LogP contribution is 2.33. The van der Waals surface area contributed by atoms with Crippen LogP contribution in [0.3, 0.4) is 0 Å². The molecule has 4 heterocycles. The van der Waals surface area contributed by atoms with Crippen molar-refractivity contribution < 1.29 is 0 Å². The van der Waals surface area contributed by atoms with Crippen molar-refractivity contribution in [3.05, 3.63) is 65.1 Å². The smallest absolute Gasteiger partial charge is 0.0644 e. The Kier molecular flexibility index (Phi) is 4.75. The zero-order valence-corrected chi connectivity index (χ0v) is 16.6. The SMILES string of the molecule is Cc1ccc2c(c1)c1c(n2C=Cc2ccccn2)CCN(C2CCNCC2)C1. The van der Waals surface area contributed by atoms with Crippen molar-refractivity contribution in [3.8, 4) is 0 Å². The average Bonchev–Trinajstić information content (AvgIpc) is 3.06. The summed E-state index contributed by atoms with van der Waals surface area (Å²) < 4.78 is 2.40. The molecule has 5 rings (SSSR count). The predicted molar refractivity (Wildman–Crippen MR) is 116 cm³/mol.